The number of ether oxygens (including phenoxy) is 1. The van der Waals surface area contributed by atoms with Crippen LogP contribution in [0, 0.1) is 0 Å². The van der Waals surface area contributed by atoms with Crippen molar-refractivity contribution in [3.8, 4) is 5.75 Å². The molecule has 0 aromatic heterocycles. The van der Waals surface area contributed by atoms with E-state index in [9.17, 15) is 9.59 Å². The maximum absolute atomic E-state index is 11.8. The van der Waals surface area contributed by atoms with E-state index >= 15 is 0 Å². The third kappa shape index (κ3) is 5.21. The number of carbonyl (C=O) groups excluding carboxylic acids is 2. The van der Waals surface area contributed by atoms with Crippen molar-refractivity contribution in [2.75, 3.05) is 17.2 Å². The number of amides is 2. The van der Waals surface area contributed by atoms with E-state index < -0.39 is 0 Å². The molecule has 0 atom stereocenters. The van der Waals surface area contributed by atoms with Crippen LogP contribution < -0.4 is 15.4 Å². The SMILES string of the molecule is CC(=O)Nc1ccc(OCC(=O)Nc2cccc(Br)c2)cc1. The Morgan fingerprint density at radius 3 is 2.41 bits per heavy atom. The fourth-order valence-electron chi connectivity index (χ4n) is 1.75. The monoisotopic (exact) mass is 362 g/mol. The van der Waals surface area contributed by atoms with Gasteiger partial charge in [0.05, 0.1) is 0 Å². The maximum atomic E-state index is 11.8. The van der Waals surface area contributed by atoms with Gasteiger partial charge in [-0.2, -0.15) is 0 Å². The molecule has 0 aliphatic carbocycles. The van der Waals surface area contributed by atoms with Gasteiger partial charge in [-0.15, -0.1) is 0 Å². The third-order valence-corrected chi connectivity index (χ3v) is 3.15. The zero-order valence-electron chi connectivity index (χ0n) is 11.9. The summed E-state index contributed by atoms with van der Waals surface area (Å²) >= 11 is 3.34. The van der Waals surface area contributed by atoms with Crippen LogP contribution >= 0.6 is 15.9 Å². The molecule has 6 heteroatoms. The summed E-state index contributed by atoms with van der Waals surface area (Å²) in [5, 5.41) is 5.40. The van der Waals surface area contributed by atoms with E-state index in [1.165, 1.54) is 6.92 Å². The van der Waals surface area contributed by atoms with Gasteiger partial charge < -0.3 is 15.4 Å². The van der Waals surface area contributed by atoms with Crippen molar-refractivity contribution in [3.63, 3.8) is 0 Å². The molecule has 0 aliphatic heterocycles. The molecule has 0 saturated carbocycles. The molecule has 2 amide bonds. The lowest BCUT2D eigenvalue weighted by atomic mass is 10.3. The quantitative estimate of drug-likeness (QED) is 0.855. The van der Waals surface area contributed by atoms with Gasteiger partial charge in [-0.25, -0.2) is 0 Å². The van der Waals surface area contributed by atoms with Gasteiger partial charge in [-0.05, 0) is 42.5 Å². The minimum atomic E-state index is -0.246. The number of rotatable bonds is 5. The summed E-state index contributed by atoms with van der Waals surface area (Å²) < 4.78 is 6.28. The molecule has 0 fully saturated rings. The standard InChI is InChI=1S/C16H15BrN2O3/c1-11(20)18-13-5-7-15(8-6-13)22-10-16(21)19-14-4-2-3-12(17)9-14/h2-9H,10H2,1H3,(H,18,20)(H,19,21). The number of anilines is 2. The van der Waals surface area contributed by atoms with E-state index in [0.29, 0.717) is 17.1 Å². The van der Waals surface area contributed by atoms with Crippen LogP contribution in [-0.4, -0.2) is 18.4 Å². The van der Waals surface area contributed by atoms with Gasteiger partial charge in [-0.3, -0.25) is 9.59 Å². The Morgan fingerprint density at radius 2 is 1.77 bits per heavy atom. The van der Waals surface area contributed by atoms with Crippen LogP contribution in [0.1, 0.15) is 6.92 Å². The van der Waals surface area contributed by atoms with Crippen LogP contribution in [0.25, 0.3) is 0 Å². The smallest absolute Gasteiger partial charge is 0.262 e. The maximum Gasteiger partial charge on any atom is 0.262 e. The summed E-state index contributed by atoms with van der Waals surface area (Å²) in [6.07, 6.45) is 0. The molecule has 2 aromatic carbocycles. The Hall–Kier alpha value is -2.34. The average molecular weight is 363 g/mol. The van der Waals surface area contributed by atoms with E-state index in [1.807, 2.05) is 12.1 Å². The first kappa shape index (κ1) is 16.0. The third-order valence-electron chi connectivity index (χ3n) is 2.65. The van der Waals surface area contributed by atoms with Gasteiger partial charge in [0.2, 0.25) is 5.91 Å². The lowest BCUT2D eigenvalue weighted by molar-refractivity contribution is -0.118. The summed E-state index contributed by atoms with van der Waals surface area (Å²) in [7, 11) is 0. The number of nitrogens with one attached hydrogen (secondary N) is 2. The Balaban J connectivity index is 1.84. The van der Waals surface area contributed by atoms with Crippen molar-refractivity contribution in [1.82, 2.24) is 0 Å². The van der Waals surface area contributed by atoms with Crippen LogP contribution in [-0.2, 0) is 9.59 Å². The normalized spacial score (nSPS) is 9.91. The molecule has 0 spiro atoms. The van der Waals surface area contributed by atoms with Gasteiger partial charge in [0.15, 0.2) is 6.61 Å². The molecule has 0 unspecified atom stereocenters. The number of carbonyl (C=O) groups is 2. The van der Waals surface area contributed by atoms with Crippen molar-refractivity contribution in [2.24, 2.45) is 0 Å². The summed E-state index contributed by atoms with van der Waals surface area (Å²) in [4.78, 5) is 22.7. The molecular weight excluding hydrogens is 348 g/mol. The van der Waals surface area contributed by atoms with Gasteiger partial charge >= 0.3 is 0 Å². The second kappa shape index (κ2) is 7.61. The van der Waals surface area contributed by atoms with Crippen LogP contribution in [0.2, 0.25) is 0 Å². The molecular formula is C16H15BrN2O3. The van der Waals surface area contributed by atoms with Crippen molar-refractivity contribution >= 4 is 39.1 Å². The Kier molecular flexibility index (Phi) is 5.55. The summed E-state index contributed by atoms with van der Waals surface area (Å²) in [6, 6.07) is 14.1. The largest absolute Gasteiger partial charge is 0.484 e. The number of halogens is 1. The molecule has 0 aliphatic rings. The minimum Gasteiger partial charge on any atom is -0.484 e. The van der Waals surface area contributed by atoms with Crippen LogP contribution in [0.3, 0.4) is 0 Å². The van der Waals surface area contributed by atoms with Gasteiger partial charge in [0.25, 0.3) is 5.91 Å². The molecule has 0 radical (unpaired) electrons. The first-order valence-electron chi connectivity index (χ1n) is 6.59. The predicted octanol–water partition coefficient (Wildman–Crippen LogP) is 3.43. The second-order valence-corrected chi connectivity index (χ2v) is 5.47. The molecule has 5 nitrogen and oxygen atoms in total. The van der Waals surface area contributed by atoms with E-state index in [-0.39, 0.29) is 18.4 Å². The molecule has 0 heterocycles. The van der Waals surface area contributed by atoms with Crippen LogP contribution in [0.4, 0.5) is 11.4 Å². The van der Waals surface area contributed by atoms with Crippen molar-refractivity contribution < 1.29 is 14.3 Å². The number of hydrogen-bond donors (Lipinski definition) is 2. The highest BCUT2D eigenvalue weighted by Gasteiger charge is 2.04. The Bertz CT molecular complexity index is 671. The zero-order chi connectivity index (χ0) is 15.9. The lowest BCUT2D eigenvalue weighted by Crippen LogP contribution is -2.20. The molecule has 2 rings (SSSR count). The number of hydrogen-bond acceptors (Lipinski definition) is 3. The van der Waals surface area contributed by atoms with Crippen molar-refractivity contribution in [1.29, 1.82) is 0 Å². The molecule has 2 N–H and O–H groups in total. The molecule has 0 saturated heterocycles. The average Bonchev–Trinajstić information content (AvgIpc) is 2.46. The summed E-state index contributed by atoms with van der Waals surface area (Å²) in [5.41, 5.74) is 1.38. The van der Waals surface area contributed by atoms with Crippen LogP contribution in [0.15, 0.2) is 53.0 Å². The Labute approximate surface area is 136 Å². The van der Waals surface area contributed by atoms with Crippen molar-refractivity contribution in [3.05, 3.63) is 53.0 Å². The summed E-state index contributed by atoms with van der Waals surface area (Å²) in [5.74, 6) is 0.171. The van der Waals surface area contributed by atoms with Crippen LogP contribution in [0.5, 0.6) is 5.75 Å². The van der Waals surface area contributed by atoms with E-state index in [1.54, 1.807) is 36.4 Å². The lowest BCUT2D eigenvalue weighted by Gasteiger charge is -2.08. The fraction of sp³-hybridized carbons (Fsp3) is 0.125. The fourth-order valence-corrected chi connectivity index (χ4v) is 2.15. The second-order valence-electron chi connectivity index (χ2n) is 4.55. The molecule has 22 heavy (non-hydrogen) atoms. The molecule has 0 bridgehead atoms. The van der Waals surface area contributed by atoms with Gasteiger partial charge in [0, 0.05) is 22.8 Å². The first-order chi connectivity index (χ1) is 10.5. The van der Waals surface area contributed by atoms with E-state index in [4.69, 9.17) is 4.74 Å². The minimum absolute atomic E-state index is 0.0913. The predicted molar refractivity (Wildman–Crippen MR) is 89.0 cm³/mol. The van der Waals surface area contributed by atoms with Gasteiger partial charge in [0.1, 0.15) is 5.75 Å². The van der Waals surface area contributed by atoms with E-state index in [2.05, 4.69) is 26.6 Å². The highest BCUT2D eigenvalue weighted by atomic mass is 79.9. The highest BCUT2D eigenvalue weighted by molar-refractivity contribution is 9.10. The first-order valence-corrected chi connectivity index (χ1v) is 7.38. The molecule has 2 aromatic rings. The topological polar surface area (TPSA) is 67.4 Å². The van der Waals surface area contributed by atoms with E-state index in [0.717, 1.165) is 4.47 Å². The van der Waals surface area contributed by atoms with Gasteiger partial charge in [-0.1, -0.05) is 22.0 Å². The highest BCUT2D eigenvalue weighted by Crippen LogP contribution is 2.17. The summed E-state index contributed by atoms with van der Waals surface area (Å²) in [6.45, 7) is 1.35. The Morgan fingerprint density at radius 1 is 1.05 bits per heavy atom. The zero-order valence-corrected chi connectivity index (χ0v) is 13.5. The molecule has 114 valence electrons. The van der Waals surface area contributed by atoms with Crippen molar-refractivity contribution in [2.45, 2.75) is 6.92 Å². The number of benzene rings is 2.